The molecule has 0 radical (unpaired) electrons. The van der Waals surface area contributed by atoms with Crippen LogP contribution in [0, 0.1) is 23.2 Å². The van der Waals surface area contributed by atoms with Gasteiger partial charge in [0.05, 0.1) is 5.54 Å². The van der Waals surface area contributed by atoms with E-state index in [1.165, 1.54) is 106 Å². The molecule has 5 aliphatic carbocycles. The van der Waals surface area contributed by atoms with Crippen molar-refractivity contribution in [3.05, 3.63) is 155 Å². The third-order valence-electron chi connectivity index (χ3n) is 15.3. The first-order valence-electron chi connectivity index (χ1n) is 20.5. The fraction of sp³-hybridized carbons (Fsp3) is 0.346. The van der Waals surface area contributed by atoms with Crippen molar-refractivity contribution in [3.63, 3.8) is 0 Å². The Kier molecular flexibility index (Phi) is 6.74. The van der Waals surface area contributed by atoms with E-state index >= 15 is 0 Å². The molecule has 5 aromatic carbocycles. The van der Waals surface area contributed by atoms with E-state index in [1.807, 2.05) is 0 Å². The fourth-order valence-electron chi connectivity index (χ4n) is 12.9. The van der Waals surface area contributed by atoms with Crippen LogP contribution < -0.4 is 4.90 Å². The smallest absolute Gasteiger partial charge is 0.0827 e. The number of fused-ring (bicyclic) bond motifs is 7. The number of anilines is 2. The van der Waals surface area contributed by atoms with Gasteiger partial charge in [-0.15, -0.1) is 0 Å². The molecule has 0 saturated heterocycles. The van der Waals surface area contributed by atoms with Crippen molar-refractivity contribution in [1.29, 1.82) is 0 Å². The minimum atomic E-state index is -0.199. The SMILES string of the molecule is CC1(C)c2cc(N3c4ccccc4C4CCCC5=C4C3(C)C=CC5(C)C3CC4CCC3C4)ccc2-c2c(-c3ccccc3-c3ccccc3)cccc21. The first-order valence-corrected chi connectivity index (χ1v) is 20.5. The van der Waals surface area contributed by atoms with Crippen molar-refractivity contribution < 1.29 is 0 Å². The quantitative estimate of drug-likeness (QED) is 0.170. The maximum Gasteiger partial charge on any atom is 0.0827 e. The topological polar surface area (TPSA) is 3.24 Å². The van der Waals surface area contributed by atoms with Crippen LogP contribution in [0.5, 0.6) is 0 Å². The van der Waals surface area contributed by atoms with Gasteiger partial charge in [-0.2, -0.15) is 0 Å². The Hall–Kier alpha value is -4.62. The van der Waals surface area contributed by atoms with Gasteiger partial charge in [0.15, 0.2) is 0 Å². The van der Waals surface area contributed by atoms with Gasteiger partial charge in [-0.1, -0.05) is 142 Å². The third-order valence-corrected chi connectivity index (χ3v) is 15.3. The molecular formula is C52H51N. The number of para-hydroxylation sites is 1. The summed E-state index contributed by atoms with van der Waals surface area (Å²) in [5, 5.41) is 0. The second-order valence-corrected chi connectivity index (χ2v) is 18.3. The number of allylic oxidation sites excluding steroid dienone is 2. The predicted octanol–water partition coefficient (Wildman–Crippen LogP) is 13.8. The lowest BCUT2D eigenvalue weighted by Crippen LogP contribution is -2.53. The maximum absolute atomic E-state index is 2.75. The Bertz CT molecular complexity index is 2370. The molecule has 2 bridgehead atoms. The second kappa shape index (κ2) is 11.2. The van der Waals surface area contributed by atoms with Crippen LogP contribution in [0.2, 0.25) is 0 Å². The molecule has 6 unspecified atom stereocenters. The van der Waals surface area contributed by atoms with Gasteiger partial charge in [0.2, 0.25) is 0 Å². The van der Waals surface area contributed by atoms with E-state index in [2.05, 4.69) is 160 Å². The largest absolute Gasteiger partial charge is 0.328 e. The van der Waals surface area contributed by atoms with E-state index < -0.39 is 0 Å². The highest BCUT2D eigenvalue weighted by molar-refractivity contribution is 5.97. The summed E-state index contributed by atoms with van der Waals surface area (Å²) >= 11 is 0. The molecule has 0 aromatic heterocycles. The van der Waals surface area contributed by atoms with Crippen molar-refractivity contribution in [2.45, 2.75) is 89.5 Å². The van der Waals surface area contributed by atoms with Crippen molar-refractivity contribution in [2.24, 2.45) is 23.2 Å². The minimum absolute atomic E-state index is 0.130. The zero-order chi connectivity index (χ0) is 35.7. The third kappa shape index (κ3) is 4.31. The van der Waals surface area contributed by atoms with Gasteiger partial charge in [0.1, 0.15) is 0 Å². The van der Waals surface area contributed by atoms with Gasteiger partial charge in [0.25, 0.3) is 0 Å². The van der Waals surface area contributed by atoms with Crippen molar-refractivity contribution in [1.82, 2.24) is 0 Å². The van der Waals surface area contributed by atoms with Crippen LogP contribution in [0.4, 0.5) is 11.4 Å². The normalized spacial score (nSPS) is 29.8. The zero-order valence-corrected chi connectivity index (χ0v) is 31.8. The van der Waals surface area contributed by atoms with E-state index in [0.29, 0.717) is 5.92 Å². The molecule has 1 aliphatic heterocycles. The summed E-state index contributed by atoms with van der Waals surface area (Å²) < 4.78 is 0. The van der Waals surface area contributed by atoms with Crippen LogP contribution >= 0.6 is 0 Å². The number of nitrogens with zero attached hydrogens (tertiary/aromatic N) is 1. The average molecular weight is 690 g/mol. The van der Waals surface area contributed by atoms with E-state index in [0.717, 1.165) is 17.8 Å². The van der Waals surface area contributed by atoms with Gasteiger partial charge >= 0.3 is 0 Å². The predicted molar refractivity (Wildman–Crippen MR) is 222 cm³/mol. The molecule has 2 saturated carbocycles. The molecule has 264 valence electrons. The molecule has 0 amide bonds. The average Bonchev–Trinajstić information content (AvgIpc) is 3.90. The van der Waals surface area contributed by atoms with Gasteiger partial charge in [-0.25, -0.2) is 0 Å². The van der Waals surface area contributed by atoms with E-state index in [1.54, 1.807) is 11.1 Å². The number of hydrogen-bond acceptors (Lipinski definition) is 1. The van der Waals surface area contributed by atoms with E-state index in [9.17, 15) is 0 Å². The minimum Gasteiger partial charge on any atom is -0.328 e. The van der Waals surface area contributed by atoms with Gasteiger partial charge < -0.3 is 4.90 Å². The molecule has 1 nitrogen and oxygen atoms in total. The monoisotopic (exact) mass is 689 g/mol. The highest BCUT2D eigenvalue weighted by Crippen LogP contribution is 2.66. The molecule has 5 aromatic rings. The summed E-state index contributed by atoms with van der Waals surface area (Å²) in [5.41, 5.74) is 18.4. The van der Waals surface area contributed by atoms with Crippen LogP contribution in [-0.4, -0.2) is 5.54 Å². The lowest BCUT2D eigenvalue weighted by molar-refractivity contribution is 0.189. The Morgan fingerprint density at radius 2 is 1.40 bits per heavy atom. The Labute approximate surface area is 316 Å². The summed E-state index contributed by atoms with van der Waals surface area (Å²) in [6, 6.07) is 43.8. The van der Waals surface area contributed by atoms with Crippen LogP contribution in [0.3, 0.4) is 0 Å². The summed E-state index contributed by atoms with van der Waals surface area (Å²) in [7, 11) is 0. The van der Waals surface area contributed by atoms with Crippen molar-refractivity contribution in [3.8, 4) is 33.4 Å². The number of benzene rings is 5. The molecule has 1 heterocycles. The molecule has 0 spiro atoms. The molecule has 11 rings (SSSR count). The van der Waals surface area contributed by atoms with Gasteiger partial charge in [-0.3, -0.25) is 0 Å². The highest BCUT2D eigenvalue weighted by Gasteiger charge is 2.56. The number of hydrogen-bond donors (Lipinski definition) is 0. The van der Waals surface area contributed by atoms with Crippen molar-refractivity contribution >= 4 is 11.4 Å². The van der Waals surface area contributed by atoms with Gasteiger partial charge in [0, 0.05) is 28.1 Å². The first-order chi connectivity index (χ1) is 25.8. The molecule has 2 fully saturated rings. The standard InChI is InChI=1S/C52H51N/c1-50(2)43-21-12-19-40(38-17-9-8-16-37(38)34-14-6-5-7-15-34)48(43)42-27-26-36(32-46(42)50)53-47-23-11-10-18-39(47)41-20-13-22-44-49(41)52(53,4)29-28-51(44,3)45-31-33-24-25-35(45)30-33/h5-12,14-19,21,23,26-29,32-33,35,41,45H,13,20,22,24-25,30-31H2,1-4H3. The summed E-state index contributed by atoms with van der Waals surface area (Å²) in [6.07, 6.45) is 15.0. The first kappa shape index (κ1) is 31.9. The Balaban J connectivity index is 1.08. The Morgan fingerprint density at radius 3 is 2.21 bits per heavy atom. The maximum atomic E-state index is 2.75. The molecular weight excluding hydrogens is 639 g/mol. The van der Waals surface area contributed by atoms with E-state index in [-0.39, 0.29) is 16.4 Å². The molecule has 53 heavy (non-hydrogen) atoms. The molecule has 1 heteroatoms. The molecule has 6 atom stereocenters. The zero-order valence-electron chi connectivity index (χ0n) is 31.8. The van der Waals surface area contributed by atoms with Crippen LogP contribution in [0.25, 0.3) is 33.4 Å². The van der Waals surface area contributed by atoms with Crippen LogP contribution in [0.1, 0.15) is 95.2 Å². The lowest BCUT2D eigenvalue weighted by atomic mass is 9.54. The summed E-state index contributed by atoms with van der Waals surface area (Å²) in [6.45, 7) is 10.1. The second-order valence-electron chi connectivity index (χ2n) is 18.3. The summed E-state index contributed by atoms with van der Waals surface area (Å²) in [5.74, 6) is 3.17. The summed E-state index contributed by atoms with van der Waals surface area (Å²) in [4.78, 5) is 2.75. The Morgan fingerprint density at radius 1 is 0.623 bits per heavy atom. The highest BCUT2D eigenvalue weighted by atomic mass is 15.2. The van der Waals surface area contributed by atoms with Crippen molar-refractivity contribution in [2.75, 3.05) is 4.90 Å². The lowest BCUT2D eigenvalue weighted by Gasteiger charge is -2.58. The fourth-order valence-corrected chi connectivity index (χ4v) is 12.9. The molecule has 6 aliphatic rings. The van der Waals surface area contributed by atoms with Crippen LogP contribution in [-0.2, 0) is 5.41 Å². The van der Waals surface area contributed by atoms with Crippen LogP contribution in [0.15, 0.2) is 139 Å². The molecule has 0 N–H and O–H groups in total. The number of rotatable bonds is 4. The van der Waals surface area contributed by atoms with Gasteiger partial charge in [-0.05, 0) is 137 Å². The van der Waals surface area contributed by atoms with E-state index in [4.69, 9.17) is 0 Å².